The molecular formula is C14H25NO. The Labute approximate surface area is 99.3 Å². The van der Waals surface area contributed by atoms with Crippen molar-refractivity contribution < 1.29 is 5.11 Å². The van der Waals surface area contributed by atoms with E-state index in [-0.39, 0.29) is 6.10 Å². The second-order valence-electron chi connectivity index (χ2n) is 5.85. The lowest BCUT2D eigenvalue weighted by Crippen LogP contribution is -2.40. The molecule has 0 aromatic rings. The number of nitrogens with zero attached hydrogens (tertiary/aromatic N) is 1. The van der Waals surface area contributed by atoms with E-state index >= 15 is 0 Å². The summed E-state index contributed by atoms with van der Waals surface area (Å²) in [5.41, 5.74) is 0. The lowest BCUT2D eigenvalue weighted by atomic mass is 9.71. The highest BCUT2D eigenvalue weighted by Crippen LogP contribution is 2.37. The van der Waals surface area contributed by atoms with Gasteiger partial charge in [-0.1, -0.05) is 19.1 Å². The van der Waals surface area contributed by atoms with E-state index in [4.69, 9.17) is 0 Å². The molecular weight excluding hydrogens is 198 g/mol. The highest BCUT2D eigenvalue weighted by molar-refractivity contribution is 5.04. The molecule has 1 heterocycles. The molecule has 2 aliphatic rings. The van der Waals surface area contributed by atoms with E-state index in [1.807, 2.05) is 6.08 Å². The highest BCUT2D eigenvalue weighted by atomic mass is 16.3. The van der Waals surface area contributed by atoms with Gasteiger partial charge in [0.25, 0.3) is 0 Å². The Hall–Kier alpha value is -0.340. The maximum atomic E-state index is 9.75. The summed E-state index contributed by atoms with van der Waals surface area (Å²) in [6, 6.07) is 0.667. The van der Waals surface area contributed by atoms with Gasteiger partial charge in [0.15, 0.2) is 0 Å². The number of hydrogen-bond donors (Lipinski definition) is 1. The van der Waals surface area contributed by atoms with Gasteiger partial charge in [-0.15, -0.1) is 0 Å². The molecule has 0 bridgehead atoms. The first-order valence-corrected chi connectivity index (χ1v) is 6.64. The summed E-state index contributed by atoms with van der Waals surface area (Å²) in [6.45, 7) is 5.88. The van der Waals surface area contributed by atoms with Crippen molar-refractivity contribution in [1.29, 1.82) is 0 Å². The van der Waals surface area contributed by atoms with Gasteiger partial charge in [-0.3, -0.25) is 0 Å². The van der Waals surface area contributed by atoms with Crippen molar-refractivity contribution in [2.75, 3.05) is 13.6 Å². The monoisotopic (exact) mass is 223 g/mol. The van der Waals surface area contributed by atoms with Crippen LogP contribution in [-0.2, 0) is 0 Å². The molecule has 0 aromatic carbocycles. The van der Waals surface area contributed by atoms with Crippen LogP contribution in [-0.4, -0.2) is 35.7 Å². The molecule has 0 amide bonds. The topological polar surface area (TPSA) is 23.5 Å². The number of aliphatic hydroxyl groups is 1. The van der Waals surface area contributed by atoms with E-state index < -0.39 is 0 Å². The van der Waals surface area contributed by atoms with Crippen LogP contribution >= 0.6 is 0 Å². The number of hydrogen-bond acceptors (Lipinski definition) is 2. The second kappa shape index (κ2) is 4.89. The summed E-state index contributed by atoms with van der Waals surface area (Å²) >= 11 is 0. The van der Waals surface area contributed by atoms with E-state index in [9.17, 15) is 5.11 Å². The lowest BCUT2D eigenvalue weighted by molar-refractivity contribution is 0.0844. The van der Waals surface area contributed by atoms with Crippen LogP contribution in [0.1, 0.15) is 33.1 Å². The maximum Gasteiger partial charge on any atom is 0.0724 e. The van der Waals surface area contributed by atoms with Crippen molar-refractivity contribution in [2.45, 2.75) is 45.3 Å². The van der Waals surface area contributed by atoms with Gasteiger partial charge in [0.1, 0.15) is 0 Å². The van der Waals surface area contributed by atoms with E-state index in [2.05, 4.69) is 31.9 Å². The fourth-order valence-corrected chi connectivity index (χ4v) is 3.27. The maximum absolute atomic E-state index is 9.75. The SMILES string of the molecule is CC1CCN(C)C(C)CC2C=CC(O)CC12. The predicted octanol–water partition coefficient (Wildman–Crippen LogP) is 2.29. The van der Waals surface area contributed by atoms with Crippen LogP contribution in [0, 0.1) is 17.8 Å². The van der Waals surface area contributed by atoms with Gasteiger partial charge in [-0.25, -0.2) is 0 Å². The standard InChI is InChI=1S/C14H25NO/c1-10-6-7-15(3)11(2)8-12-4-5-13(16)9-14(10)12/h4-5,10-14,16H,6-9H2,1-3H3. The fourth-order valence-electron chi connectivity index (χ4n) is 3.27. The quantitative estimate of drug-likeness (QED) is 0.637. The van der Waals surface area contributed by atoms with E-state index in [0.717, 1.165) is 12.3 Å². The summed E-state index contributed by atoms with van der Waals surface area (Å²) in [6.07, 6.45) is 7.56. The van der Waals surface area contributed by atoms with Gasteiger partial charge >= 0.3 is 0 Å². The minimum Gasteiger partial charge on any atom is -0.389 e. The van der Waals surface area contributed by atoms with Gasteiger partial charge < -0.3 is 10.0 Å². The summed E-state index contributed by atoms with van der Waals surface area (Å²) in [5.74, 6) is 2.10. The summed E-state index contributed by atoms with van der Waals surface area (Å²) in [5, 5.41) is 9.75. The summed E-state index contributed by atoms with van der Waals surface area (Å²) < 4.78 is 0. The zero-order valence-corrected chi connectivity index (χ0v) is 10.8. The third kappa shape index (κ3) is 2.49. The second-order valence-corrected chi connectivity index (χ2v) is 5.85. The molecule has 1 N–H and O–H groups in total. The number of allylic oxidation sites excluding steroid dienone is 1. The Kier molecular flexibility index (Phi) is 3.70. The number of aliphatic hydroxyl groups excluding tert-OH is 1. The van der Waals surface area contributed by atoms with Gasteiger partial charge in [0, 0.05) is 6.04 Å². The van der Waals surface area contributed by atoms with Gasteiger partial charge in [-0.05, 0) is 57.5 Å². The zero-order chi connectivity index (χ0) is 11.7. The minimum atomic E-state index is -0.198. The number of likely N-dealkylation sites (tertiary alicyclic amines) is 1. The molecule has 92 valence electrons. The van der Waals surface area contributed by atoms with Crippen molar-refractivity contribution in [2.24, 2.45) is 17.8 Å². The molecule has 1 fully saturated rings. The minimum absolute atomic E-state index is 0.198. The third-order valence-corrected chi connectivity index (χ3v) is 4.68. The first-order chi connectivity index (χ1) is 7.58. The molecule has 1 aliphatic carbocycles. The first-order valence-electron chi connectivity index (χ1n) is 6.64. The van der Waals surface area contributed by atoms with Gasteiger partial charge in [0.05, 0.1) is 6.10 Å². The van der Waals surface area contributed by atoms with Gasteiger partial charge in [0.2, 0.25) is 0 Å². The predicted molar refractivity (Wildman–Crippen MR) is 67.2 cm³/mol. The molecule has 1 saturated heterocycles. The smallest absolute Gasteiger partial charge is 0.0724 e. The number of rotatable bonds is 0. The normalized spacial score (nSPS) is 45.9. The average Bonchev–Trinajstić information content (AvgIpc) is 2.26. The number of fused-ring (bicyclic) bond motifs is 1. The van der Waals surface area contributed by atoms with E-state index in [1.54, 1.807) is 0 Å². The van der Waals surface area contributed by atoms with Crippen LogP contribution in [0.3, 0.4) is 0 Å². The Balaban J connectivity index is 2.13. The highest BCUT2D eigenvalue weighted by Gasteiger charge is 2.33. The van der Waals surface area contributed by atoms with Crippen LogP contribution < -0.4 is 0 Å². The van der Waals surface area contributed by atoms with Crippen molar-refractivity contribution in [1.82, 2.24) is 4.90 Å². The largest absolute Gasteiger partial charge is 0.389 e. The molecule has 0 saturated carbocycles. The molecule has 5 atom stereocenters. The zero-order valence-electron chi connectivity index (χ0n) is 10.8. The van der Waals surface area contributed by atoms with Crippen molar-refractivity contribution in [3.05, 3.63) is 12.2 Å². The van der Waals surface area contributed by atoms with Crippen molar-refractivity contribution >= 4 is 0 Å². The molecule has 0 spiro atoms. The first kappa shape index (κ1) is 12.1. The molecule has 5 unspecified atom stereocenters. The van der Waals surface area contributed by atoms with E-state index in [1.165, 1.54) is 19.4 Å². The van der Waals surface area contributed by atoms with Crippen molar-refractivity contribution in [3.8, 4) is 0 Å². The summed E-state index contributed by atoms with van der Waals surface area (Å²) in [4.78, 5) is 2.48. The molecule has 0 radical (unpaired) electrons. The van der Waals surface area contributed by atoms with Crippen LogP contribution in [0.5, 0.6) is 0 Å². The molecule has 2 nitrogen and oxygen atoms in total. The Morgan fingerprint density at radius 1 is 1.19 bits per heavy atom. The Bertz CT molecular complexity index is 263. The Morgan fingerprint density at radius 2 is 1.94 bits per heavy atom. The third-order valence-electron chi connectivity index (χ3n) is 4.68. The summed E-state index contributed by atoms with van der Waals surface area (Å²) in [7, 11) is 2.24. The van der Waals surface area contributed by atoms with Crippen LogP contribution in [0.2, 0.25) is 0 Å². The molecule has 0 aromatic heterocycles. The van der Waals surface area contributed by atoms with Crippen molar-refractivity contribution in [3.63, 3.8) is 0 Å². The molecule has 16 heavy (non-hydrogen) atoms. The van der Waals surface area contributed by atoms with Crippen LogP contribution in [0.25, 0.3) is 0 Å². The molecule has 1 aliphatic heterocycles. The van der Waals surface area contributed by atoms with Crippen LogP contribution in [0.4, 0.5) is 0 Å². The fraction of sp³-hybridized carbons (Fsp3) is 0.857. The Morgan fingerprint density at radius 3 is 2.69 bits per heavy atom. The van der Waals surface area contributed by atoms with Gasteiger partial charge in [-0.2, -0.15) is 0 Å². The lowest BCUT2D eigenvalue weighted by Gasteiger charge is -2.40. The molecule has 2 rings (SSSR count). The molecule has 2 heteroatoms. The van der Waals surface area contributed by atoms with E-state index in [0.29, 0.717) is 17.9 Å². The van der Waals surface area contributed by atoms with Crippen LogP contribution in [0.15, 0.2) is 12.2 Å². The average molecular weight is 223 g/mol.